The molecule has 0 saturated carbocycles. The van der Waals surface area contributed by atoms with Crippen molar-refractivity contribution in [2.75, 3.05) is 0 Å². The largest absolute Gasteiger partial charge is 0.393 e. The van der Waals surface area contributed by atoms with E-state index in [2.05, 4.69) is 26.1 Å². The first-order valence-electron chi connectivity index (χ1n) is 10.6. The lowest BCUT2D eigenvalue weighted by molar-refractivity contribution is -0.132. The van der Waals surface area contributed by atoms with E-state index >= 15 is 0 Å². The summed E-state index contributed by atoms with van der Waals surface area (Å²) in [5.41, 5.74) is 2.22. The zero-order valence-corrected chi connectivity index (χ0v) is 19.9. The van der Waals surface area contributed by atoms with E-state index in [4.69, 9.17) is 0 Å². The molecule has 0 aromatic carbocycles. The fourth-order valence-electron chi connectivity index (χ4n) is 2.36. The molecule has 0 aliphatic heterocycles. The third kappa shape index (κ3) is 10.6. The van der Waals surface area contributed by atoms with Gasteiger partial charge in [0, 0.05) is 6.20 Å². The molecule has 0 bridgehead atoms. The SMILES string of the molecule is CC(C)=C(C)/C=C/C=C\C=C(\C)C(O)C(C)(C)C(=O)NC=CC=CCC(O)C(C)C. The van der Waals surface area contributed by atoms with E-state index < -0.39 is 11.5 Å². The summed E-state index contributed by atoms with van der Waals surface area (Å²) in [6.45, 7) is 15.4. The molecule has 0 heterocycles. The van der Waals surface area contributed by atoms with Crippen LogP contribution < -0.4 is 5.32 Å². The van der Waals surface area contributed by atoms with Crippen LogP contribution in [-0.2, 0) is 4.79 Å². The lowest BCUT2D eigenvalue weighted by atomic mass is 9.82. The number of amides is 1. The van der Waals surface area contributed by atoms with Crippen molar-refractivity contribution >= 4 is 5.91 Å². The quantitative estimate of drug-likeness (QED) is 0.397. The molecular weight excluding hydrogens is 374 g/mol. The molecule has 0 aromatic heterocycles. The van der Waals surface area contributed by atoms with E-state index in [9.17, 15) is 15.0 Å². The molecule has 0 saturated heterocycles. The fourth-order valence-corrected chi connectivity index (χ4v) is 2.36. The van der Waals surface area contributed by atoms with Gasteiger partial charge in [0.15, 0.2) is 0 Å². The molecule has 4 heteroatoms. The topological polar surface area (TPSA) is 69.6 Å². The Bertz CT molecular complexity index is 715. The van der Waals surface area contributed by atoms with Crippen LogP contribution in [0.25, 0.3) is 0 Å². The van der Waals surface area contributed by atoms with Crippen molar-refractivity contribution in [2.24, 2.45) is 11.3 Å². The number of allylic oxidation sites excluding steroid dienone is 9. The molecule has 4 nitrogen and oxygen atoms in total. The second kappa shape index (κ2) is 13.9. The third-order valence-electron chi connectivity index (χ3n) is 5.12. The highest BCUT2D eigenvalue weighted by Crippen LogP contribution is 2.26. The molecule has 0 spiro atoms. The summed E-state index contributed by atoms with van der Waals surface area (Å²) in [5.74, 6) is -0.0538. The predicted molar refractivity (Wildman–Crippen MR) is 128 cm³/mol. The van der Waals surface area contributed by atoms with Crippen LogP contribution in [0, 0.1) is 11.3 Å². The zero-order valence-electron chi connectivity index (χ0n) is 19.9. The average molecular weight is 416 g/mol. The third-order valence-corrected chi connectivity index (χ3v) is 5.12. The maximum Gasteiger partial charge on any atom is 0.232 e. The fraction of sp³-hybridized carbons (Fsp3) is 0.500. The van der Waals surface area contributed by atoms with Gasteiger partial charge >= 0.3 is 0 Å². The Morgan fingerprint density at radius 2 is 1.60 bits per heavy atom. The van der Waals surface area contributed by atoms with Crippen LogP contribution in [0.4, 0.5) is 0 Å². The summed E-state index contributed by atoms with van der Waals surface area (Å²) in [7, 11) is 0. The summed E-state index contributed by atoms with van der Waals surface area (Å²) >= 11 is 0. The first kappa shape index (κ1) is 27.8. The highest BCUT2D eigenvalue weighted by atomic mass is 16.3. The Hall–Kier alpha value is -2.17. The molecule has 0 fully saturated rings. The molecule has 30 heavy (non-hydrogen) atoms. The maximum atomic E-state index is 12.5. The number of nitrogens with one attached hydrogen (secondary N) is 1. The minimum atomic E-state index is -0.981. The number of rotatable bonds is 11. The number of carbonyl (C=O) groups is 1. The van der Waals surface area contributed by atoms with E-state index in [1.54, 1.807) is 32.2 Å². The first-order chi connectivity index (χ1) is 13.9. The number of hydrogen-bond acceptors (Lipinski definition) is 3. The Morgan fingerprint density at radius 3 is 2.17 bits per heavy atom. The molecular formula is C26H41NO3. The summed E-state index contributed by atoms with van der Waals surface area (Å²) in [6.07, 6.45) is 15.8. The zero-order chi connectivity index (χ0) is 23.3. The van der Waals surface area contributed by atoms with Gasteiger partial charge in [-0.25, -0.2) is 0 Å². The van der Waals surface area contributed by atoms with Gasteiger partial charge in [0.05, 0.1) is 17.6 Å². The average Bonchev–Trinajstić information content (AvgIpc) is 2.68. The van der Waals surface area contributed by atoms with Gasteiger partial charge in [-0.05, 0) is 65.5 Å². The molecule has 3 N–H and O–H groups in total. The molecule has 168 valence electrons. The van der Waals surface area contributed by atoms with Crippen molar-refractivity contribution in [2.45, 2.75) is 74.0 Å². The van der Waals surface area contributed by atoms with Crippen LogP contribution >= 0.6 is 0 Å². The van der Waals surface area contributed by atoms with Crippen molar-refractivity contribution in [1.29, 1.82) is 0 Å². The predicted octanol–water partition coefficient (Wildman–Crippen LogP) is 5.38. The summed E-state index contributed by atoms with van der Waals surface area (Å²) in [4.78, 5) is 12.5. The van der Waals surface area contributed by atoms with Crippen LogP contribution in [0.5, 0.6) is 0 Å². The smallest absolute Gasteiger partial charge is 0.232 e. The van der Waals surface area contributed by atoms with Gasteiger partial charge in [-0.2, -0.15) is 0 Å². The van der Waals surface area contributed by atoms with Crippen molar-refractivity contribution in [3.8, 4) is 0 Å². The molecule has 0 aliphatic rings. The number of carbonyl (C=O) groups excluding carboxylic acids is 1. The molecule has 2 atom stereocenters. The molecule has 1 amide bonds. The maximum absolute atomic E-state index is 12.5. The van der Waals surface area contributed by atoms with Crippen LogP contribution in [0.3, 0.4) is 0 Å². The van der Waals surface area contributed by atoms with E-state index in [1.165, 1.54) is 11.1 Å². The lowest BCUT2D eigenvalue weighted by Crippen LogP contribution is -2.43. The van der Waals surface area contributed by atoms with Crippen molar-refractivity contribution < 1.29 is 15.0 Å². The van der Waals surface area contributed by atoms with Crippen molar-refractivity contribution in [1.82, 2.24) is 5.32 Å². The second-order valence-corrected chi connectivity index (χ2v) is 8.77. The van der Waals surface area contributed by atoms with Crippen LogP contribution in [0.15, 0.2) is 71.5 Å². The number of aliphatic hydroxyl groups is 2. The minimum Gasteiger partial charge on any atom is -0.393 e. The number of aliphatic hydroxyl groups excluding tert-OH is 2. The van der Waals surface area contributed by atoms with E-state index in [1.807, 2.05) is 57.2 Å². The van der Waals surface area contributed by atoms with Crippen LogP contribution in [-0.4, -0.2) is 28.3 Å². The van der Waals surface area contributed by atoms with Crippen LogP contribution in [0.1, 0.15) is 61.8 Å². The molecule has 0 aliphatic carbocycles. The van der Waals surface area contributed by atoms with Gasteiger partial charge in [-0.3, -0.25) is 4.79 Å². The van der Waals surface area contributed by atoms with Gasteiger partial charge in [-0.15, -0.1) is 0 Å². The normalized spacial score (nSPS) is 15.6. The van der Waals surface area contributed by atoms with E-state index in [0.717, 1.165) is 0 Å². The monoisotopic (exact) mass is 415 g/mol. The first-order valence-corrected chi connectivity index (χ1v) is 10.6. The summed E-state index contributed by atoms with van der Waals surface area (Å²) in [5, 5.41) is 23.1. The van der Waals surface area contributed by atoms with E-state index in [0.29, 0.717) is 12.0 Å². The van der Waals surface area contributed by atoms with Gasteiger partial charge in [0.2, 0.25) is 5.91 Å². The van der Waals surface area contributed by atoms with Crippen LogP contribution in [0.2, 0.25) is 0 Å². The second-order valence-electron chi connectivity index (χ2n) is 8.77. The summed E-state index contributed by atoms with van der Waals surface area (Å²) < 4.78 is 0. The molecule has 2 unspecified atom stereocenters. The van der Waals surface area contributed by atoms with Gasteiger partial charge in [0.25, 0.3) is 0 Å². The van der Waals surface area contributed by atoms with Gasteiger partial charge in [0.1, 0.15) is 0 Å². The molecule has 0 rings (SSSR count). The molecule has 0 radical (unpaired) electrons. The van der Waals surface area contributed by atoms with Crippen molar-refractivity contribution in [3.63, 3.8) is 0 Å². The van der Waals surface area contributed by atoms with Crippen molar-refractivity contribution in [3.05, 3.63) is 71.5 Å². The Kier molecular flexibility index (Phi) is 12.9. The Balaban J connectivity index is 4.80. The number of hydrogen-bond donors (Lipinski definition) is 3. The standard InChI is InChI=1S/C26H41NO3/c1-19(2)21(5)15-11-9-12-16-22(6)24(29)26(7,8)25(30)27-18-14-10-13-17-23(28)20(3)4/h9-16,18,20,23-24,28-29H,17H2,1-8H3,(H,27,30)/b12-9-,13-10?,15-11+,18-14?,22-16-. The molecule has 0 aromatic rings. The van der Waals surface area contributed by atoms with Gasteiger partial charge in [-0.1, -0.05) is 67.5 Å². The highest BCUT2D eigenvalue weighted by Gasteiger charge is 2.36. The highest BCUT2D eigenvalue weighted by molar-refractivity contribution is 5.83. The lowest BCUT2D eigenvalue weighted by Gasteiger charge is -2.29. The van der Waals surface area contributed by atoms with Gasteiger partial charge < -0.3 is 15.5 Å². The van der Waals surface area contributed by atoms with E-state index in [-0.39, 0.29) is 17.9 Å². The Labute approximate surface area is 183 Å². The minimum absolute atomic E-state index is 0.212. The summed E-state index contributed by atoms with van der Waals surface area (Å²) in [6, 6.07) is 0. The Morgan fingerprint density at radius 1 is 0.967 bits per heavy atom.